The van der Waals surface area contributed by atoms with E-state index in [9.17, 15) is 18.8 Å². The Bertz CT molecular complexity index is 1020. The summed E-state index contributed by atoms with van der Waals surface area (Å²) in [4.78, 5) is 11.3. The van der Waals surface area contributed by atoms with Gasteiger partial charge in [0.05, 0.1) is 16.8 Å². The molecule has 0 atom stereocenters. The number of nitrogens with zero attached hydrogens (tertiary/aromatic N) is 2. The molecule has 132 valence electrons. The summed E-state index contributed by atoms with van der Waals surface area (Å²) in [7, 11) is 0. The summed E-state index contributed by atoms with van der Waals surface area (Å²) in [5.41, 5.74) is 8.04. The minimum atomic E-state index is -2.92. The van der Waals surface area contributed by atoms with E-state index in [1.807, 2.05) is 11.5 Å². The molecule has 7 heteroatoms. The van der Waals surface area contributed by atoms with E-state index in [2.05, 4.69) is 10.8 Å². The first kappa shape index (κ1) is 17.4. The summed E-state index contributed by atoms with van der Waals surface area (Å²) in [6, 6.07) is 13.3. The number of hydrogen-bond acceptors (Lipinski definition) is 3. The highest BCUT2D eigenvalue weighted by Gasteiger charge is 2.19. The van der Waals surface area contributed by atoms with Crippen molar-refractivity contribution in [1.29, 1.82) is 5.26 Å². The number of primary amides is 1. The van der Waals surface area contributed by atoms with Crippen molar-refractivity contribution in [2.75, 3.05) is 0 Å². The molecule has 0 aliphatic carbocycles. The summed E-state index contributed by atoms with van der Waals surface area (Å²) in [6.45, 7) is -0.514. The molecule has 26 heavy (non-hydrogen) atoms. The van der Waals surface area contributed by atoms with Gasteiger partial charge >= 0.3 is 6.61 Å². The van der Waals surface area contributed by atoms with E-state index in [0.29, 0.717) is 34.3 Å². The van der Waals surface area contributed by atoms with Gasteiger partial charge < -0.3 is 15.0 Å². The first-order valence-corrected chi connectivity index (χ1v) is 7.87. The van der Waals surface area contributed by atoms with Gasteiger partial charge in [0.1, 0.15) is 11.8 Å². The SMILES string of the molecule is CCn1c(-c2ccc(C(N)=O)cc2)c(C#N)c2ccc(OC(F)F)cc21. The zero-order valence-electron chi connectivity index (χ0n) is 13.9. The minimum Gasteiger partial charge on any atom is -0.435 e. The Balaban J connectivity index is 2.23. The van der Waals surface area contributed by atoms with Crippen molar-refractivity contribution >= 4 is 16.8 Å². The number of fused-ring (bicyclic) bond motifs is 1. The topological polar surface area (TPSA) is 81.0 Å². The van der Waals surface area contributed by atoms with Crippen LogP contribution in [-0.2, 0) is 6.54 Å². The van der Waals surface area contributed by atoms with Crippen LogP contribution in [0.2, 0.25) is 0 Å². The van der Waals surface area contributed by atoms with Crippen LogP contribution in [0.15, 0.2) is 42.5 Å². The van der Waals surface area contributed by atoms with Crippen molar-refractivity contribution in [3.8, 4) is 23.1 Å². The number of nitriles is 1. The lowest BCUT2D eigenvalue weighted by Crippen LogP contribution is -2.10. The number of alkyl halides is 2. The number of benzene rings is 2. The van der Waals surface area contributed by atoms with Crippen molar-refractivity contribution in [1.82, 2.24) is 4.57 Å². The second kappa shape index (κ2) is 6.84. The van der Waals surface area contributed by atoms with Gasteiger partial charge in [-0.25, -0.2) is 0 Å². The van der Waals surface area contributed by atoms with Crippen LogP contribution in [0.3, 0.4) is 0 Å². The molecule has 2 N–H and O–H groups in total. The Hall–Kier alpha value is -3.40. The number of carbonyl (C=O) groups is 1. The number of aromatic nitrogens is 1. The van der Waals surface area contributed by atoms with Crippen LogP contribution < -0.4 is 10.5 Å². The molecule has 1 aromatic heterocycles. The fourth-order valence-corrected chi connectivity index (χ4v) is 3.04. The Morgan fingerprint density at radius 3 is 2.50 bits per heavy atom. The standard InChI is InChI=1S/C19H15F2N3O2/c1-2-24-16-9-13(26-19(20)21)7-8-14(16)15(10-22)17(24)11-3-5-12(6-4-11)18(23)25/h3-9,19H,2H2,1H3,(H2,23,25). The molecule has 1 heterocycles. The first-order valence-electron chi connectivity index (χ1n) is 7.87. The molecule has 0 unspecified atom stereocenters. The zero-order valence-corrected chi connectivity index (χ0v) is 13.9. The molecule has 0 aliphatic heterocycles. The minimum absolute atomic E-state index is 0.0276. The van der Waals surface area contributed by atoms with Crippen LogP contribution in [0.5, 0.6) is 5.75 Å². The maximum absolute atomic E-state index is 12.5. The van der Waals surface area contributed by atoms with E-state index >= 15 is 0 Å². The molecule has 0 spiro atoms. The number of halogens is 2. The van der Waals surface area contributed by atoms with Gasteiger partial charge in [-0.15, -0.1) is 0 Å². The molecule has 5 nitrogen and oxygen atoms in total. The summed E-state index contributed by atoms with van der Waals surface area (Å²) in [6.07, 6.45) is 0. The lowest BCUT2D eigenvalue weighted by molar-refractivity contribution is -0.0497. The van der Waals surface area contributed by atoms with Gasteiger partial charge in [-0.3, -0.25) is 4.79 Å². The lowest BCUT2D eigenvalue weighted by atomic mass is 10.0. The average Bonchev–Trinajstić information content (AvgIpc) is 2.93. The molecule has 2 aromatic carbocycles. The third kappa shape index (κ3) is 2.97. The smallest absolute Gasteiger partial charge is 0.387 e. The molecular weight excluding hydrogens is 340 g/mol. The molecule has 0 bridgehead atoms. The van der Waals surface area contributed by atoms with Crippen LogP contribution in [-0.4, -0.2) is 17.1 Å². The first-order chi connectivity index (χ1) is 12.5. The molecule has 1 amide bonds. The maximum atomic E-state index is 12.5. The van der Waals surface area contributed by atoms with Crippen LogP contribution in [0.4, 0.5) is 8.78 Å². The molecular formula is C19H15F2N3O2. The van der Waals surface area contributed by atoms with Crippen molar-refractivity contribution in [2.24, 2.45) is 5.73 Å². The maximum Gasteiger partial charge on any atom is 0.387 e. The summed E-state index contributed by atoms with van der Waals surface area (Å²) < 4.78 is 31.3. The van der Waals surface area contributed by atoms with E-state index in [0.717, 1.165) is 5.56 Å². The summed E-state index contributed by atoms with van der Waals surface area (Å²) in [5.74, 6) is -0.512. The van der Waals surface area contributed by atoms with Crippen molar-refractivity contribution in [3.05, 3.63) is 53.6 Å². The monoisotopic (exact) mass is 355 g/mol. The highest BCUT2D eigenvalue weighted by atomic mass is 19.3. The van der Waals surface area contributed by atoms with Crippen molar-refractivity contribution < 1.29 is 18.3 Å². The highest BCUT2D eigenvalue weighted by Crippen LogP contribution is 2.35. The second-order valence-electron chi connectivity index (χ2n) is 5.58. The Labute approximate surface area is 148 Å². The van der Waals surface area contributed by atoms with Crippen LogP contribution in [0.25, 0.3) is 22.2 Å². The van der Waals surface area contributed by atoms with Crippen LogP contribution in [0.1, 0.15) is 22.8 Å². The quantitative estimate of drug-likeness (QED) is 0.754. The fraction of sp³-hybridized carbons (Fsp3) is 0.158. The van der Waals surface area contributed by atoms with Gasteiger partial charge in [-0.2, -0.15) is 14.0 Å². The molecule has 0 saturated carbocycles. The predicted octanol–water partition coefficient (Wildman–Crippen LogP) is 3.90. The normalized spacial score (nSPS) is 10.9. The Morgan fingerprint density at radius 2 is 1.96 bits per heavy atom. The number of amides is 1. The van der Waals surface area contributed by atoms with E-state index in [1.165, 1.54) is 12.1 Å². The Morgan fingerprint density at radius 1 is 1.27 bits per heavy atom. The molecule has 0 radical (unpaired) electrons. The van der Waals surface area contributed by atoms with Crippen molar-refractivity contribution in [3.63, 3.8) is 0 Å². The van der Waals surface area contributed by atoms with Gasteiger partial charge in [-0.1, -0.05) is 12.1 Å². The predicted molar refractivity (Wildman–Crippen MR) is 92.9 cm³/mol. The van der Waals surface area contributed by atoms with Gasteiger partial charge in [0.25, 0.3) is 0 Å². The number of rotatable bonds is 5. The summed E-state index contributed by atoms with van der Waals surface area (Å²) in [5, 5.41) is 10.3. The van der Waals surface area contributed by atoms with E-state index in [-0.39, 0.29) is 5.75 Å². The zero-order chi connectivity index (χ0) is 18.8. The summed E-state index contributed by atoms with van der Waals surface area (Å²) >= 11 is 0. The van der Waals surface area contributed by atoms with Gasteiger partial charge in [0, 0.05) is 23.6 Å². The molecule has 0 aliphatic rings. The Kier molecular flexibility index (Phi) is 4.59. The molecule has 3 aromatic rings. The highest BCUT2D eigenvalue weighted by molar-refractivity contribution is 5.96. The fourth-order valence-electron chi connectivity index (χ4n) is 3.04. The molecule has 3 rings (SSSR count). The van der Waals surface area contributed by atoms with E-state index < -0.39 is 12.5 Å². The number of carbonyl (C=O) groups excluding carboxylic acids is 1. The van der Waals surface area contributed by atoms with Crippen LogP contribution in [0, 0.1) is 11.3 Å². The van der Waals surface area contributed by atoms with Gasteiger partial charge in [-0.05, 0) is 36.8 Å². The number of aryl methyl sites for hydroxylation is 1. The van der Waals surface area contributed by atoms with Gasteiger partial charge in [0.15, 0.2) is 0 Å². The van der Waals surface area contributed by atoms with Gasteiger partial charge in [0.2, 0.25) is 5.91 Å². The number of hydrogen-bond donors (Lipinski definition) is 1. The molecule has 0 saturated heterocycles. The second-order valence-corrected chi connectivity index (χ2v) is 5.58. The van der Waals surface area contributed by atoms with E-state index in [4.69, 9.17) is 5.73 Å². The molecule has 0 fully saturated rings. The lowest BCUT2D eigenvalue weighted by Gasteiger charge is -2.10. The number of nitrogens with two attached hydrogens (primary N) is 1. The van der Waals surface area contributed by atoms with Crippen LogP contribution >= 0.6 is 0 Å². The average molecular weight is 355 g/mol. The number of ether oxygens (including phenoxy) is 1. The third-order valence-electron chi connectivity index (χ3n) is 4.13. The largest absolute Gasteiger partial charge is 0.435 e. The van der Waals surface area contributed by atoms with Crippen molar-refractivity contribution in [2.45, 2.75) is 20.1 Å². The van der Waals surface area contributed by atoms with E-state index in [1.54, 1.807) is 30.3 Å². The third-order valence-corrected chi connectivity index (χ3v) is 4.13.